The molecule has 0 spiro atoms. The molecule has 0 aliphatic rings. The summed E-state index contributed by atoms with van der Waals surface area (Å²) in [4.78, 5) is 0. The lowest BCUT2D eigenvalue weighted by Gasteiger charge is -2.11. The molecule has 1 atom stereocenters. The third-order valence-corrected chi connectivity index (χ3v) is 3.47. The molecule has 1 nitrogen and oxygen atoms in total. The summed E-state index contributed by atoms with van der Waals surface area (Å²) in [5, 5.41) is 3.20. The van der Waals surface area contributed by atoms with Crippen molar-refractivity contribution in [3.8, 4) is 0 Å². The van der Waals surface area contributed by atoms with Gasteiger partial charge in [-0.1, -0.05) is 60.1 Å². The van der Waals surface area contributed by atoms with Crippen LogP contribution in [-0.2, 0) is 13.0 Å². The van der Waals surface area contributed by atoms with E-state index in [4.69, 9.17) is 11.6 Å². The van der Waals surface area contributed by atoms with Crippen LogP contribution in [0, 0.1) is 0 Å². The van der Waals surface area contributed by atoms with Crippen LogP contribution in [-0.4, -0.2) is 6.04 Å². The van der Waals surface area contributed by atoms with E-state index >= 15 is 0 Å². The molecule has 18 heavy (non-hydrogen) atoms. The van der Waals surface area contributed by atoms with Crippen molar-refractivity contribution >= 4 is 11.6 Å². The minimum absolute atomic E-state index is 0.559. The highest BCUT2D eigenvalue weighted by molar-refractivity contribution is 6.31. The lowest BCUT2D eigenvalue weighted by molar-refractivity contribution is -0.701. The number of nitrogens with two attached hydrogens (primary N) is 1. The van der Waals surface area contributed by atoms with E-state index in [0.717, 1.165) is 18.0 Å². The molecule has 0 fully saturated rings. The van der Waals surface area contributed by atoms with Crippen LogP contribution in [0.25, 0.3) is 0 Å². The molecular formula is C16H19ClN+. The SMILES string of the molecule is C[C@@H](Cc1ccccc1)[NH2+]Cc1ccccc1Cl. The maximum absolute atomic E-state index is 6.15. The van der Waals surface area contributed by atoms with E-state index in [2.05, 4.69) is 48.6 Å². The topological polar surface area (TPSA) is 16.6 Å². The minimum atomic E-state index is 0.559. The monoisotopic (exact) mass is 260 g/mol. The first-order valence-electron chi connectivity index (χ1n) is 6.36. The lowest BCUT2D eigenvalue weighted by Crippen LogP contribution is -2.88. The van der Waals surface area contributed by atoms with Gasteiger partial charge in [0.2, 0.25) is 0 Å². The zero-order valence-corrected chi connectivity index (χ0v) is 11.4. The normalized spacial score (nSPS) is 12.3. The Balaban J connectivity index is 1.86. The first-order valence-corrected chi connectivity index (χ1v) is 6.74. The van der Waals surface area contributed by atoms with Crippen LogP contribution < -0.4 is 5.32 Å². The Hall–Kier alpha value is -1.31. The van der Waals surface area contributed by atoms with Gasteiger partial charge in [-0.3, -0.25) is 0 Å². The number of rotatable bonds is 5. The zero-order chi connectivity index (χ0) is 12.8. The van der Waals surface area contributed by atoms with Crippen molar-refractivity contribution < 1.29 is 5.32 Å². The summed E-state index contributed by atoms with van der Waals surface area (Å²) in [5.41, 5.74) is 2.60. The summed E-state index contributed by atoms with van der Waals surface area (Å²) >= 11 is 6.15. The molecule has 0 aliphatic carbocycles. The third-order valence-electron chi connectivity index (χ3n) is 3.10. The second-order valence-electron chi connectivity index (χ2n) is 4.70. The molecule has 0 aromatic heterocycles. The highest BCUT2D eigenvalue weighted by Crippen LogP contribution is 2.13. The highest BCUT2D eigenvalue weighted by Gasteiger charge is 2.07. The van der Waals surface area contributed by atoms with Gasteiger partial charge in [0.1, 0.15) is 6.54 Å². The van der Waals surface area contributed by atoms with Gasteiger partial charge in [0.05, 0.1) is 6.04 Å². The Morgan fingerprint density at radius 3 is 2.39 bits per heavy atom. The van der Waals surface area contributed by atoms with Gasteiger partial charge in [-0.25, -0.2) is 0 Å². The van der Waals surface area contributed by atoms with Crippen LogP contribution in [0.5, 0.6) is 0 Å². The average Bonchev–Trinajstić information content (AvgIpc) is 2.39. The summed E-state index contributed by atoms with van der Waals surface area (Å²) in [6.45, 7) is 3.19. The summed E-state index contributed by atoms with van der Waals surface area (Å²) in [7, 11) is 0. The van der Waals surface area contributed by atoms with Gasteiger partial charge in [-0.15, -0.1) is 0 Å². The Labute approximate surface area is 114 Å². The molecule has 0 radical (unpaired) electrons. The van der Waals surface area contributed by atoms with Crippen molar-refractivity contribution in [1.82, 2.24) is 0 Å². The molecule has 0 saturated carbocycles. The van der Waals surface area contributed by atoms with E-state index < -0.39 is 0 Å². The molecule has 0 heterocycles. The molecular weight excluding hydrogens is 242 g/mol. The van der Waals surface area contributed by atoms with Gasteiger partial charge in [0.15, 0.2) is 0 Å². The molecule has 94 valence electrons. The molecule has 2 heteroatoms. The molecule has 0 saturated heterocycles. The summed E-state index contributed by atoms with van der Waals surface area (Å²) in [6.07, 6.45) is 1.09. The number of hydrogen-bond acceptors (Lipinski definition) is 0. The van der Waals surface area contributed by atoms with E-state index in [0.29, 0.717) is 6.04 Å². The fourth-order valence-electron chi connectivity index (χ4n) is 2.06. The molecule has 0 unspecified atom stereocenters. The molecule has 2 aromatic carbocycles. The van der Waals surface area contributed by atoms with Crippen LogP contribution in [0.15, 0.2) is 54.6 Å². The van der Waals surface area contributed by atoms with Gasteiger partial charge >= 0.3 is 0 Å². The summed E-state index contributed by atoms with van der Waals surface area (Å²) in [6, 6.07) is 19.2. The Morgan fingerprint density at radius 2 is 1.67 bits per heavy atom. The van der Waals surface area contributed by atoms with E-state index in [1.807, 2.05) is 18.2 Å². The van der Waals surface area contributed by atoms with E-state index in [-0.39, 0.29) is 0 Å². The summed E-state index contributed by atoms with van der Waals surface area (Å²) in [5.74, 6) is 0. The van der Waals surface area contributed by atoms with Gasteiger partial charge in [-0.2, -0.15) is 0 Å². The van der Waals surface area contributed by atoms with E-state index in [1.165, 1.54) is 11.1 Å². The summed E-state index contributed by atoms with van der Waals surface area (Å²) < 4.78 is 0. The van der Waals surface area contributed by atoms with Gasteiger partial charge < -0.3 is 5.32 Å². The Kier molecular flexibility index (Phi) is 4.80. The molecule has 2 N–H and O–H groups in total. The fraction of sp³-hybridized carbons (Fsp3) is 0.250. The zero-order valence-electron chi connectivity index (χ0n) is 10.6. The fourth-order valence-corrected chi connectivity index (χ4v) is 2.27. The number of benzene rings is 2. The first kappa shape index (κ1) is 13.1. The highest BCUT2D eigenvalue weighted by atomic mass is 35.5. The Bertz CT molecular complexity index is 481. The molecule has 0 amide bonds. The van der Waals surface area contributed by atoms with Gasteiger partial charge in [0.25, 0.3) is 0 Å². The third kappa shape index (κ3) is 3.86. The van der Waals surface area contributed by atoms with Crippen molar-refractivity contribution in [1.29, 1.82) is 0 Å². The van der Waals surface area contributed by atoms with Crippen molar-refractivity contribution in [3.05, 3.63) is 70.7 Å². The molecule has 0 aliphatic heterocycles. The maximum Gasteiger partial charge on any atom is 0.103 e. The van der Waals surface area contributed by atoms with Crippen molar-refractivity contribution in [2.45, 2.75) is 25.9 Å². The minimum Gasteiger partial charge on any atom is -0.340 e. The van der Waals surface area contributed by atoms with Crippen LogP contribution in [0.2, 0.25) is 5.02 Å². The van der Waals surface area contributed by atoms with Gasteiger partial charge in [0, 0.05) is 17.0 Å². The Morgan fingerprint density at radius 1 is 1.00 bits per heavy atom. The van der Waals surface area contributed by atoms with Crippen molar-refractivity contribution in [2.75, 3.05) is 0 Å². The van der Waals surface area contributed by atoms with Crippen LogP contribution in [0.3, 0.4) is 0 Å². The lowest BCUT2D eigenvalue weighted by atomic mass is 10.1. The molecule has 2 aromatic rings. The largest absolute Gasteiger partial charge is 0.340 e. The van der Waals surface area contributed by atoms with E-state index in [1.54, 1.807) is 0 Å². The van der Waals surface area contributed by atoms with Crippen LogP contribution in [0.4, 0.5) is 0 Å². The van der Waals surface area contributed by atoms with Crippen LogP contribution >= 0.6 is 11.6 Å². The quantitative estimate of drug-likeness (QED) is 0.851. The predicted octanol–water partition coefficient (Wildman–Crippen LogP) is 3.03. The number of quaternary nitrogens is 1. The van der Waals surface area contributed by atoms with Crippen molar-refractivity contribution in [3.63, 3.8) is 0 Å². The second kappa shape index (κ2) is 6.58. The van der Waals surface area contributed by atoms with E-state index in [9.17, 15) is 0 Å². The van der Waals surface area contributed by atoms with Gasteiger partial charge in [-0.05, 0) is 18.6 Å². The second-order valence-corrected chi connectivity index (χ2v) is 5.11. The number of halogens is 1. The average molecular weight is 261 g/mol. The smallest absolute Gasteiger partial charge is 0.103 e. The predicted molar refractivity (Wildman–Crippen MR) is 76.7 cm³/mol. The molecule has 2 rings (SSSR count). The molecule has 0 bridgehead atoms. The number of hydrogen-bond donors (Lipinski definition) is 1. The standard InChI is InChI=1S/C16H18ClN/c1-13(11-14-7-3-2-4-8-14)18-12-15-9-5-6-10-16(15)17/h2-10,13,18H,11-12H2,1H3/p+1/t13-/m0/s1. The van der Waals surface area contributed by atoms with Crippen LogP contribution in [0.1, 0.15) is 18.1 Å². The van der Waals surface area contributed by atoms with Crippen molar-refractivity contribution in [2.24, 2.45) is 0 Å². The first-order chi connectivity index (χ1) is 8.75. The maximum atomic E-state index is 6.15.